The average molecular weight is 358 g/mol. The quantitative estimate of drug-likeness (QED) is 0.897. The van der Waals surface area contributed by atoms with Gasteiger partial charge >= 0.3 is 6.36 Å². The van der Waals surface area contributed by atoms with Gasteiger partial charge in [0.25, 0.3) is 0 Å². The summed E-state index contributed by atoms with van der Waals surface area (Å²) in [5.74, 6) is -1.61. The zero-order valence-electron chi connectivity index (χ0n) is 14.3. The second kappa shape index (κ2) is 6.24. The SMILES string of the molecule is CC(=O)N(c1cccc(OC(F)(F)F)c1)C1(C(N)=O)CCC(C)(C)C1. The maximum absolute atomic E-state index is 12.5. The molecule has 1 saturated carbocycles. The zero-order valence-corrected chi connectivity index (χ0v) is 14.3. The van der Waals surface area contributed by atoms with Crippen LogP contribution in [0.15, 0.2) is 24.3 Å². The topological polar surface area (TPSA) is 72.6 Å². The minimum Gasteiger partial charge on any atom is -0.406 e. The van der Waals surface area contributed by atoms with E-state index in [1.165, 1.54) is 24.0 Å². The number of anilines is 1. The maximum atomic E-state index is 12.5. The highest BCUT2D eigenvalue weighted by atomic mass is 19.4. The Kier molecular flexibility index (Phi) is 4.76. The number of halogens is 3. The van der Waals surface area contributed by atoms with Crippen molar-refractivity contribution in [3.63, 3.8) is 0 Å². The summed E-state index contributed by atoms with van der Waals surface area (Å²) < 4.78 is 41.3. The molecule has 0 spiro atoms. The van der Waals surface area contributed by atoms with Gasteiger partial charge in [-0.15, -0.1) is 13.2 Å². The number of carbonyl (C=O) groups excluding carboxylic acids is 2. The molecule has 1 aliphatic carbocycles. The predicted octanol–water partition coefficient (Wildman–Crippen LogP) is 3.37. The van der Waals surface area contributed by atoms with E-state index in [0.717, 1.165) is 12.1 Å². The lowest BCUT2D eigenvalue weighted by atomic mass is 9.85. The molecular formula is C17H21F3N2O3. The molecule has 1 aliphatic rings. The molecule has 0 heterocycles. The number of carbonyl (C=O) groups is 2. The van der Waals surface area contributed by atoms with Gasteiger partial charge in [-0.1, -0.05) is 19.9 Å². The molecular weight excluding hydrogens is 337 g/mol. The Morgan fingerprint density at radius 3 is 2.32 bits per heavy atom. The first kappa shape index (κ1) is 19.1. The van der Waals surface area contributed by atoms with Gasteiger partial charge in [-0.25, -0.2) is 0 Å². The van der Waals surface area contributed by atoms with Crippen molar-refractivity contribution in [2.75, 3.05) is 4.90 Å². The van der Waals surface area contributed by atoms with Crippen LogP contribution in [0.4, 0.5) is 18.9 Å². The molecule has 138 valence electrons. The van der Waals surface area contributed by atoms with Crippen molar-refractivity contribution in [1.82, 2.24) is 0 Å². The third-order valence-electron chi connectivity index (χ3n) is 4.50. The van der Waals surface area contributed by atoms with Gasteiger partial charge in [0.05, 0.1) is 0 Å². The molecule has 0 aliphatic heterocycles. The van der Waals surface area contributed by atoms with Crippen LogP contribution in [0.5, 0.6) is 5.75 Å². The summed E-state index contributed by atoms with van der Waals surface area (Å²) in [6.07, 6.45) is -3.51. The number of rotatable bonds is 4. The third kappa shape index (κ3) is 4.05. The van der Waals surface area contributed by atoms with E-state index in [9.17, 15) is 22.8 Å². The Labute approximate surface area is 143 Å². The largest absolute Gasteiger partial charge is 0.573 e. The van der Waals surface area contributed by atoms with Crippen molar-refractivity contribution in [1.29, 1.82) is 0 Å². The molecule has 1 unspecified atom stereocenters. The molecule has 25 heavy (non-hydrogen) atoms. The summed E-state index contributed by atoms with van der Waals surface area (Å²) in [5, 5.41) is 0. The summed E-state index contributed by atoms with van der Waals surface area (Å²) >= 11 is 0. The Hall–Kier alpha value is -2.25. The fourth-order valence-electron chi connectivity index (χ4n) is 3.58. The van der Waals surface area contributed by atoms with Crippen LogP contribution in [0.2, 0.25) is 0 Å². The van der Waals surface area contributed by atoms with Crippen LogP contribution in [0, 0.1) is 5.41 Å². The number of ether oxygens (including phenoxy) is 1. The Balaban J connectivity index is 2.49. The first-order chi connectivity index (χ1) is 11.4. The number of alkyl halides is 3. The second-order valence-corrected chi connectivity index (χ2v) is 7.14. The van der Waals surface area contributed by atoms with E-state index in [1.807, 2.05) is 13.8 Å². The van der Waals surface area contributed by atoms with Gasteiger partial charge in [0, 0.05) is 18.7 Å². The van der Waals surface area contributed by atoms with Crippen molar-refractivity contribution in [2.45, 2.75) is 51.9 Å². The van der Waals surface area contributed by atoms with E-state index < -0.39 is 29.5 Å². The number of primary amides is 1. The second-order valence-electron chi connectivity index (χ2n) is 7.14. The van der Waals surface area contributed by atoms with Gasteiger partial charge in [0.15, 0.2) is 0 Å². The van der Waals surface area contributed by atoms with Gasteiger partial charge < -0.3 is 10.5 Å². The van der Waals surface area contributed by atoms with Gasteiger partial charge in [-0.3, -0.25) is 14.5 Å². The summed E-state index contributed by atoms with van der Waals surface area (Å²) in [5.41, 5.74) is 4.28. The van der Waals surface area contributed by atoms with Gasteiger partial charge in [-0.2, -0.15) is 0 Å². The summed E-state index contributed by atoms with van der Waals surface area (Å²) in [6.45, 7) is 5.17. The van der Waals surface area contributed by atoms with Crippen LogP contribution in [0.25, 0.3) is 0 Å². The normalized spacial score (nSPS) is 22.5. The Bertz CT molecular complexity index is 688. The molecule has 5 nitrogen and oxygen atoms in total. The van der Waals surface area contributed by atoms with Gasteiger partial charge in [-0.05, 0) is 36.8 Å². The third-order valence-corrected chi connectivity index (χ3v) is 4.50. The predicted molar refractivity (Wildman–Crippen MR) is 85.8 cm³/mol. The minimum absolute atomic E-state index is 0.144. The Morgan fingerprint density at radius 1 is 1.24 bits per heavy atom. The minimum atomic E-state index is -4.85. The molecule has 0 aromatic heterocycles. The smallest absolute Gasteiger partial charge is 0.406 e. The number of benzene rings is 1. The van der Waals surface area contributed by atoms with Gasteiger partial charge in [0.1, 0.15) is 11.3 Å². The van der Waals surface area contributed by atoms with Crippen molar-refractivity contribution in [2.24, 2.45) is 11.1 Å². The van der Waals surface area contributed by atoms with E-state index in [1.54, 1.807) is 0 Å². The van der Waals surface area contributed by atoms with Crippen LogP contribution in [0.1, 0.15) is 40.0 Å². The first-order valence-electron chi connectivity index (χ1n) is 7.83. The van der Waals surface area contributed by atoms with Crippen molar-refractivity contribution in [3.05, 3.63) is 24.3 Å². The Morgan fingerprint density at radius 2 is 1.88 bits per heavy atom. The lowest BCUT2D eigenvalue weighted by Crippen LogP contribution is -2.58. The number of nitrogens with zero attached hydrogens (tertiary/aromatic N) is 1. The fourth-order valence-corrected chi connectivity index (χ4v) is 3.58. The molecule has 2 rings (SSSR count). The van der Waals surface area contributed by atoms with Crippen molar-refractivity contribution >= 4 is 17.5 Å². The number of amides is 2. The van der Waals surface area contributed by atoms with E-state index in [-0.39, 0.29) is 11.1 Å². The number of nitrogens with two attached hydrogens (primary N) is 1. The lowest BCUT2D eigenvalue weighted by Gasteiger charge is -2.39. The highest BCUT2D eigenvalue weighted by molar-refractivity contribution is 6.02. The highest BCUT2D eigenvalue weighted by Gasteiger charge is 2.53. The average Bonchev–Trinajstić information content (AvgIpc) is 2.74. The molecule has 1 atom stereocenters. The summed E-state index contributed by atoms with van der Waals surface area (Å²) in [6, 6.07) is 5.01. The standard InChI is InChI=1S/C17H21F3N2O3/c1-11(23)22(16(14(21)24)8-7-15(2,3)10-16)12-5-4-6-13(9-12)25-17(18,19)20/h4-6,9H,7-8,10H2,1-3H3,(H2,21,24). The highest BCUT2D eigenvalue weighted by Crippen LogP contribution is 2.48. The molecule has 1 aromatic carbocycles. The fraction of sp³-hybridized carbons (Fsp3) is 0.529. The molecule has 0 radical (unpaired) electrons. The lowest BCUT2D eigenvalue weighted by molar-refractivity contribution is -0.274. The van der Waals surface area contributed by atoms with E-state index in [0.29, 0.717) is 19.3 Å². The van der Waals surface area contributed by atoms with Crippen LogP contribution < -0.4 is 15.4 Å². The van der Waals surface area contributed by atoms with Crippen LogP contribution in [-0.4, -0.2) is 23.7 Å². The molecule has 0 bridgehead atoms. The van der Waals surface area contributed by atoms with E-state index >= 15 is 0 Å². The molecule has 1 aromatic rings. The molecule has 1 fully saturated rings. The summed E-state index contributed by atoms with van der Waals surface area (Å²) in [7, 11) is 0. The van der Waals surface area contributed by atoms with Crippen molar-refractivity contribution in [3.8, 4) is 5.75 Å². The molecule has 2 amide bonds. The molecule has 8 heteroatoms. The van der Waals surface area contributed by atoms with E-state index in [2.05, 4.69) is 4.74 Å². The van der Waals surface area contributed by atoms with E-state index in [4.69, 9.17) is 5.73 Å². The molecule has 2 N–H and O–H groups in total. The van der Waals surface area contributed by atoms with Crippen LogP contribution in [0.3, 0.4) is 0 Å². The molecule has 0 saturated heterocycles. The van der Waals surface area contributed by atoms with Crippen LogP contribution in [-0.2, 0) is 9.59 Å². The van der Waals surface area contributed by atoms with Crippen LogP contribution >= 0.6 is 0 Å². The maximum Gasteiger partial charge on any atom is 0.573 e. The summed E-state index contributed by atoms with van der Waals surface area (Å²) in [4.78, 5) is 25.8. The number of hydrogen-bond acceptors (Lipinski definition) is 3. The zero-order chi connectivity index (χ0) is 19.0. The van der Waals surface area contributed by atoms with Crippen molar-refractivity contribution < 1.29 is 27.5 Å². The first-order valence-corrected chi connectivity index (χ1v) is 7.83. The number of hydrogen-bond donors (Lipinski definition) is 1. The monoisotopic (exact) mass is 358 g/mol. The van der Waals surface area contributed by atoms with Gasteiger partial charge in [0.2, 0.25) is 11.8 Å².